The molecule has 33 heavy (non-hydrogen) atoms. The Morgan fingerprint density at radius 2 is 0.727 bits per heavy atom. The fourth-order valence-electron chi connectivity index (χ4n) is 5.04. The standard InChI is InChI=1S/2C9H21OSi.2C4H9O.Zr/c2*1-4-7-11(10,8-5-2)9-6-3;2*1-4(2)3-5;/h2*4-9H2,1-3H3;2*4H,3H2,1-2H3;/q4*-1;+4. The maximum atomic E-state index is 7.46. The summed E-state index contributed by atoms with van der Waals surface area (Å²) in [5, 5.41) is 0. The summed E-state index contributed by atoms with van der Waals surface area (Å²) in [4.78, 5) is 0. The van der Waals surface area contributed by atoms with Gasteiger partial charge in [-0.05, 0) is 0 Å². The maximum absolute atomic E-state index is 7.46. The Bertz CT molecular complexity index is 401. The third kappa shape index (κ3) is 13.3. The minimum absolute atomic E-state index is 0.440. The second-order valence-electron chi connectivity index (χ2n) is 11.0. The molecule has 0 bridgehead atoms. The Kier molecular flexibility index (Phi) is 19.1. The second kappa shape index (κ2) is 18.4. The Hall–Kier alpha value is 1.16. The van der Waals surface area contributed by atoms with Crippen molar-refractivity contribution in [3.8, 4) is 0 Å². The van der Waals surface area contributed by atoms with E-state index in [4.69, 9.17) is 10.6 Å². The summed E-state index contributed by atoms with van der Waals surface area (Å²) < 4.78 is 28.6. The van der Waals surface area contributed by atoms with E-state index >= 15 is 0 Å². The third-order valence-corrected chi connectivity index (χ3v) is 28.6. The topological polar surface area (TPSA) is 36.9 Å². The van der Waals surface area contributed by atoms with Crippen LogP contribution in [0.5, 0.6) is 0 Å². The Balaban J connectivity index is 6.55. The summed E-state index contributed by atoms with van der Waals surface area (Å²) in [6.45, 7) is 24.1. The summed E-state index contributed by atoms with van der Waals surface area (Å²) in [6, 6.07) is 7.15. The molecule has 0 N–H and O–H groups in total. The van der Waals surface area contributed by atoms with Gasteiger partial charge in [-0.25, -0.2) is 0 Å². The Morgan fingerprint density at radius 1 is 0.485 bits per heavy atom. The van der Waals surface area contributed by atoms with Crippen molar-refractivity contribution >= 4 is 16.6 Å². The van der Waals surface area contributed by atoms with Gasteiger partial charge < -0.3 is 0 Å². The molecule has 0 saturated heterocycles. The van der Waals surface area contributed by atoms with Crippen molar-refractivity contribution in [3.63, 3.8) is 0 Å². The van der Waals surface area contributed by atoms with E-state index in [2.05, 4.69) is 69.2 Å². The van der Waals surface area contributed by atoms with Crippen molar-refractivity contribution in [2.45, 2.75) is 144 Å². The van der Waals surface area contributed by atoms with Gasteiger partial charge >= 0.3 is 218 Å². The van der Waals surface area contributed by atoms with E-state index in [0.717, 1.165) is 0 Å². The molecule has 0 fully saturated rings. The zero-order valence-electron chi connectivity index (χ0n) is 24.2. The van der Waals surface area contributed by atoms with Crippen LogP contribution in [0.15, 0.2) is 0 Å². The molecule has 0 aliphatic rings. The molecule has 0 aliphatic heterocycles. The van der Waals surface area contributed by atoms with E-state index in [1.54, 1.807) is 0 Å². The van der Waals surface area contributed by atoms with Crippen LogP contribution in [-0.2, 0) is 32.7 Å². The molecule has 0 aromatic rings. The predicted octanol–water partition coefficient (Wildman–Crippen LogP) is 9.53. The molecule has 0 saturated carbocycles. The van der Waals surface area contributed by atoms with Crippen molar-refractivity contribution in [1.29, 1.82) is 0 Å². The van der Waals surface area contributed by atoms with E-state index in [0.29, 0.717) is 25.0 Å². The Morgan fingerprint density at radius 3 is 0.909 bits per heavy atom. The Labute approximate surface area is 217 Å². The van der Waals surface area contributed by atoms with Gasteiger partial charge in [0, 0.05) is 0 Å². The molecule has 0 aromatic carbocycles. The summed E-state index contributed by atoms with van der Waals surface area (Å²) in [7, 11) is -4.01. The van der Waals surface area contributed by atoms with E-state index in [-0.39, 0.29) is 0 Å². The number of rotatable bonds is 22. The molecule has 0 aliphatic carbocycles. The van der Waals surface area contributed by atoms with E-state index in [9.17, 15) is 0 Å². The van der Waals surface area contributed by atoms with E-state index in [1.807, 2.05) is 0 Å². The van der Waals surface area contributed by atoms with Crippen LogP contribution in [0.1, 0.15) is 108 Å². The van der Waals surface area contributed by atoms with Crippen LogP contribution in [0.4, 0.5) is 0 Å². The average molecular weight is 584 g/mol. The van der Waals surface area contributed by atoms with Crippen LogP contribution in [0.3, 0.4) is 0 Å². The molecular weight excluding hydrogens is 524 g/mol. The molecular formula is C26H60O4Si2Zr. The molecule has 0 unspecified atom stereocenters. The first-order chi connectivity index (χ1) is 15.6. The van der Waals surface area contributed by atoms with Crippen molar-refractivity contribution in [1.82, 2.24) is 0 Å². The molecule has 4 nitrogen and oxygen atoms in total. The van der Waals surface area contributed by atoms with E-state index < -0.39 is 38.7 Å². The first-order valence-electron chi connectivity index (χ1n) is 14.3. The summed E-state index contributed by atoms with van der Waals surface area (Å²) in [5.41, 5.74) is 0. The van der Waals surface area contributed by atoms with Gasteiger partial charge in [0.2, 0.25) is 0 Å². The van der Waals surface area contributed by atoms with Gasteiger partial charge in [-0.2, -0.15) is 0 Å². The zero-order valence-corrected chi connectivity index (χ0v) is 28.6. The van der Waals surface area contributed by atoms with Gasteiger partial charge in [0.25, 0.3) is 0 Å². The van der Waals surface area contributed by atoms with Gasteiger partial charge in [0.1, 0.15) is 0 Å². The molecule has 0 rings (SSSR count). The number of hydrogen-bond donors (Lipinski definition) is 0. The van der Waals surface area contributed by atoms with E-state index in [1.165, 1.54) is 74.8 Å². The fraction of sp³-hybridized carbons (Fsp3) is 1.00. The quantitative estimate of drug-likeness (QED) is 0.119. The molecule has 0 atom stereocenters. The first-order valence-corrected chi connectivity index (χ1v) is 23.4. The summed E-state index contributed by atoms with van der Waals surface area (Å²) >= 11 is -4.29. The molecule has 0 spiro atoms. The zero-order chi connectivity index (χ0) is 25.4. The molecule has 200 valence electrons. The average Bonchev–Trinajstić information content (AvgIpc) is 2.72. The molecule has 0 aromatic heterocycles. The minimum atomic E-state index is -4.29. The van der Waals surface area contributed by atoms with Crippen LogP contribution in [0, 0.1) is 11.8 Å². The summed E-state index contributed by atoms with van der Waals surface area (Å²) in [6.07, 6.45) is 7.02. The van der Waals surface area contributed by atoms with Crippen LogP contribution >= 0.6 is 0 Å². The van der Waals surface area contributed by atoms with Gasteiger partial charge in [-0.3, -0.25) is 0 Å². The third-order valence-electron chi connectivity index (χ3n) is 6.10. The van der Waals surface area contributed by atoms with Gasteiger partial charge in [-0.1, -0.05) is 0 Å². The molecule has 0 amide bonds. The van der Waals surface area contributed by atoms with Crippen molar-refractivity contribution in [3.05, 3.63) is 0 Å². The van der Waals surface area contributed by atoms with Gasteiger partial charge in [0.05, 0.1) is 0 Å². The van der Waals surface area contributed by atoms with Crippen LogP contribution in [-0.4, -0.2) is 29.8 Å². The van der Waals surface area contributed by atoms with Crippen LogP contribution < -0.4 is 0 Å². The monoisotopic (exact) mass is 582 g/mol. The summed E-state index contributed by atoms with van der Waals surface area (Å²) in [5.74, 6) is 0.880. The molecule has 7 heteroatoms. The predicted molar refractivity (Wildman–Crippen MR) is 146 cm³/mol. The normalized spacial score (nSPS) is 13.5. The second-order valence-corrected chi connectivity index (χ2v) is 26.0. The fourth-order valence-corrected chi connectivity index (χ4v) is 31.9. The van der Waals surface area contributed by atoms with Crippen LogP contribution in [0.2, 0.25) is 36.3 Å². The SMILES string of the molecule is CCC[Si](CCC)(CCC)[O][Zr]([O]CC(C)C)([O]CC(C)C)[O][Si](CCC)(CCC)CCC. The van der Waals surface area contributed by atoms with Gasteiger partial charge in [0.15, 0.2) is 0 Å². The van der Waals surface area contributed by atoms with Gasteiger partial charge in [-0.15, -0.1) is 0 Å². The van der Waals surface area contributed by atoms with Crippen molar-refractivity contribution in [2.24, 2.45) is 11.8 Å². The first kappa shape index (κ1) is 34.2. The van der Waals surface area contributed by atoms with Crippen LogP contribution in [0.25, 0.3) is 0 Å². The molecule has 0 heterocycles. The van der Waals surface area contributed by atoms with Crippen molar-refractivity contribution < 1.29 is 32.7 Å². The van der Waals surface area contributed by atoms with Crippen molar-refractivity contribution in [2.75, 3.05) is 13.2 Å². The molecule has 0 radical (unpaired) electrons. The number of hydrogen-bond acceptors (Lipinski definition) is 4.